The maximum absolute atomic E-state index is 6.15. The average Bonchev–Trinajstić information content (AvgIpc) is 3.46. The van der Waals surface area contributed by atoms with E-state index in [4.69, 9.17) is 14.5 Å². The van der Waals surface area contributed by atoms with Gasteiger partial charge < -0.3 is 24.3 Å². The van der Waals surface area contributed by atoms with Crippen LogP contribution < -0.4 is 9.64 Å². The number of benzene rings is 2. The van der Waals surface area contributed by atoms with Gasteiger partial charge in [-0.3, -0.25) is 5.10 Å². The quantitative estimate of drug-likeness (QED) is 0.444. The van der Waals surface area contributed by atoms with Gasteiger partial charge in [-0.05, 0) is 56.4 Å². The zero-order chi connectivity index (χ0) is 22.9. The highest BCUT2D eigenvalue weighted by atomic mass is 16.5. The molecule has 8 heteroatoms. The third-order valence-corrected chi connectivity index (χ3v) is 6.65. The Kier molecular flexibility index (Phi) is 5.95. The zero-order valence-corrected chi connectivity index (χ0v) is 19.8. The molecule has 2 aromatic heterocycles. The van der Waals surface area contributed by atoms with Crippen LogP contribution in [-0.4, -0.2) is 77.1 Å². The number of hydrogen-bond acceptors (Lipinski definition) is 6. The Morgan fingerprint density at radius 2 is 2.00 bits per heavy atom. The van der Waals surface area contributed by atoms with Gasteiger partial charge in [-0.25, -0.2) is 4.98 Å². The number of aromatic nitrogens is 4. The maximum Gasteiger partial charge on any atom is 0.159 e. The summed E-state index contributed by atoms with van der Waals surface area (Å²) in [6, 6.07) is 12.6. The Balaban J connectivity index is 1.44. The minimum Gasteiger partial charge on any atom is -0.497 e. The number of morpholine rings is 1. The number of aromatic amines is 2. The molecule has 1 saturated heterocycles. The SMILES string of the molecule is CCN(CC)C[C@H]1CN(c2ccc3nc(-c4n[nH]c5ccc(OC)cc45)[nH]c3c2)[C@@H](C)CO1. The number of imidazole rings is 1. The number of anilines is 1. The van der Waals surface area contributed by atoms with Crippen LogP contribution in [0.1, 0.15) is 20.8 Å². The van der Waals surface area contributed by atoms with Crippen molar-refractivity contribution in [2.24, 2.45) is 0 Å². The van der Waals surface area contributed by atoms with Gasteiger partial charge in [-0.15, -0.1) is 0 Å². The summed E-state index contributed by atoms with van der Waals surface area (Å²) in [5, 5.41) is 8.58. The molecule has 0 spiro atoms. The molecule has 2 N–H and O–H groups in total. The molecule has 0 bridgehead atoms. The summed E-state index contributed by atoms with van der Waals surface area (Å²) >= 11 is 0. The topological polar surface area (TPSA) is 82.3 Å². The molecule has 0 unspecified atom stereocenters. The molecular weight excluding hydrogens is 416 g/mol. The van der Waals surface area contributed by atoms with Crippen molar-refractivity contribution >= 4 is 27.6 Å². The third kappa shape index (κ3) is 4.16. The lowest BCUT2D eigenvalue weighted by Gasteiger charge is -2.41. The summed E-state index contributed by atoms with van der Waals surface area (Å²) in [5.74, 6) is 1.54. The molecule has 0 amide bonds. The number of nitrogens with one attached hydrogen (secondary N) is 2. The van der Waals surface area contributed by atoms with E-state index >= 15 is 0 Å². The van der Waals surface area contributed by atoms with Gasteiger partial charge in [0.05, 0.1) is 36.4 Å². The number of methoxy groups -OCH3 is 1. The molecule has 1 aliphatic heterocycles. The van der Waals surface area contributed by atoms with Crippen LogP contribution >= 0.6 is 0 Å². The predicted molar refractivity (Wildman–Crippen MR) is 132 cm³/mol. The van der Waals surface area contributed by atoms with Crippen LogP contribution in [0.3, 0.4) is 0 Å². The zero-order valence-electron chi connectivity index (χ0n) is 19.8. The number of ether oxygens (including phenoxy) is 2. The fourth-order valence-electron chi connectivity index (χ4n) is 4.65. The van der Waals surface area contributed by atoms with E-state index in [2.05, 4.69) is 64.0 Å². The molecule has 2 aromatic carbocycles. The van der Waals surface area contributed by atoms with E-state index in [-0.39, 0.29) is 6.10 Å². The van der Waals surface area contributed by atoms with E-state index in [0.29, 0.717) is 6.04 Å². The normalized spacial score (nSPS) is 19.1. The standard InChI is InChI=1S/C25H32N6O2/c1-5-30(6-2)13-19-14-31(16(3)15-33-19)17-7-9-22-23(11-17)27-25(26-22)24-20-12-18(32-4)8-10-21(20)28-29-24/h7-12,16,19H,5-6,13-15H2,1-4H3,(H,26,27)(H,28,29)/t16-,19-/m0/s1. The molecular formula is C25H32N6O2. The van der Waals surface area contributed by atoms with Gasteiger partial charge >= 0.3 is 0 Å². The van der Waals surface area contributed by atoms with E-state index < -0.39 is 0 Å². The summed E-state index contributed by atoms with van der Waals surface area (Å²) < 4.78 is 11.5. The first-order valence-corrected chi connectivity index (χ1v) is 11.7. The predicted octanol–water partition coefficient (Wildman–Crippen LogP) is 4.05. The Morgan fingerprint density at radius 3 is 2.79 bits per heavy atom. The van der Waals surface area contributed by atoms with Crippen molar-refractivity contribution in [1.29, 1.82) is 0 Å². The van der Waals surface area contributed by atoms with Crippen molar-refractivity contribution in [2.45, 2.75) is 32.9 Å². The molecule has 33 heavy (non-hydrogen) atoms. The second-order valence-electron chi connectivity index (χ2n) is 8.71. The molecule has 1 fully saturated rings. The largest absolute Gasteiger partial charge is 0.497 e. The first-order chi connectivity index (χ1) is 16.1. The number of fused-ring (bicyclic) bond motifs is 2. The highest BCUT2D eigenvalue weighted by Gasteiger charge is 2.27. The van der Waals surface area contributed by atoms with Gasteiger partial charge in [-0.1, -0.05) is 13.8 Å². The Labute approximate surface area is 193 Å². The van der Waals surface area contributed by atoms with Crippen molar-refractivity contribution in [3.05, 3.63) is 36.4 Å². The van der Waals surface area contributed by atoms with Crippen LogP contribution in [0, 0.1) is 0 Å². The number of likely N-dealkylation sites (N-methyl/N-ethyl adjacent to an activating group) is 1. The second-order valence-corrected chi connectivity index (χ2v) is 8.71. The lowest BCUT2D eigenvalue weighted by molar-refractivity contribution is 0.00265. The number of nitrogens with zero attached hydrogens (tertiary/aromatic N) is 4. The van der Waals surface area contributed by atoms with Gasteiger partial charge in [0, 0.05) is 30.2 Å². The first kappa shape index (κ1) is 21.7. The summed E-state index contributed by atoms with van der Waals surface area (Å²) in [5.41, 5.74) is 4.86. The number of rotatable bonds is 7. The Bertz CT molecular complexity index is 1240. The van der Waals surface area contributed by atoms with Crippen molar-refractivity contribution in [3.8, 4) is 17.3 Å². The molecule has 0 radical (unpaired) electrons. The highest BCUT2D eigenvalue weighted by Crippen LogP contribution is 2.31. The molecule has 0 aliphatic carbocycles. The first-order valence-electron chi connectivity index (χ1n) is 11.7. The van der Waals surface area contributed by atoms with Gasteiger partial charge in [0.25, 0.3) is 0 Å². The minimum atomic E-state index is 0.208. The maximum atomic E-state index is 6.15. The van der Waals surface area contributed by atoms with Crippen molar-refractivity contribution in [2.75, 3.05) is 44.8 Å². The molecule has 174 valence electrons. The summed E-state index contributed by atoms with van der Waals surface area (Å²) in [6.07, 6.45) is 0.208. The summed E-state index contributed by atoms with van der Waals surface area (Å²) in [6.45, 7) is 11.3. The van der Waals surface area contributed by atoms with Crippen LogP contribution in [0.4, 0.5) is 5.69 Å². The van der Waals surface area contributed by atoms with Crippen LogP contribution in [0.15, 0.2) is 36.4 Å². The minimum absolute atomic E-state index is 0.208. The number of H-pyrrole nitrogens is 2. The van der Waals surface area contributed by atoms with E-state index in [1.807, 2.05) is 18.2 Å². The summed E-state index contributed by atoms with van der Waals surface area (Å²) in [7, 11) is 1.67. The van der Waals surface area contributed by atoms with E-state index in [0.717, 1.165) is 72.0 Å². The van der Waals surface area contributed by atoms with Crippen molar-refractivity contribution in [3.63, 3.8) is 0 Å². The van der Waals surface area contributed by atoms with E-state index in [1.54, 1.807) is 7.11 Å². The Hall–Kier alpha value is -3.10. The third-order valence-electron chi connectivity index (χ3n) is 6.65. The molecule has 0 saturated carbocycles. The molecule has 2 atom stereocenters. The van der Waals surface area contributed by atoms with E-state index in [1.165, 1.54) is 5.69 Å². The van der Waals surface area contributed by atoms with Crippen molar-refractivity contribution < 1.29 is 9.47 Å². The van der Waals surface area contributed by atoms with Crippen molar-refractivity contribution in [1.82, 2.24) is 25.1 Å². The van der Waals surface area contributed by atoms with Gasteiger partial charge in [-0.2, -0.15) is 5.10 Å². The molecule has 4 aromatic rings. The highest BCUT2D eigenvalue weighted by molar-refractivity contribution is 5.94. The smallest absolute Gasteiger partial charge is 0.159 e. The van der Waals surface area contributed by atoms with Gasteiger partial charge in [0.1, 0.15) is 11.4 Å². The summed E-state index contributed by atoms with van der Waals surface area (Å²) in [4.78, 5) is 13.2. The second kappa shape index (κ2) is 9.03. The molecule has 3 heterocycles. The van der Waals surface area contributed by atoms with Gasteiger partial charge in [0.2, 0.25) is 0 Å². The van der Waals surface area contributed by atoms with Crippen LogP contribution in [-0.2, 0) is 4.74 Å². The average molecular weight is 449 g/mol. The van der Waals surface area contributed by atoms with Gasteiger partial charge in [0.15, 0.2) is 5.82 Å². The molecule has 1 aliphatic rings. The fraction of sp³-hybridized carbons (Fsp3) is 0.440. The lowest BCUT2D eigenvalue weighted by atomic mass is 10.1. The fourth-order valence-corrected chi connectivity index (χ4v) is 4.65. The van der Waals surface area contributed by atoms with Crippen LogP contribution in [0.2, 0.25) is 0 Å². The lowest BCUT2D eigenvalue weighted by Crippen LogP contribution is -2.52. The Morgan fingerprint density at radius 1 is 1.15 bits per heavy atom. The molecule has 8 nitrogen and oxygen atoms in total. The van der Waals surface area contributed by atoms with Crippen LogP contribution in [0.5, 0.6) is 5.75 Å². The molecule has 5 rings (SSSR count). The number of hydrogen-bond donors (Lipinski definition) is 2. The monoisotopic (exact) mass is 448 g/mol. The van der Waals surface area contributed by atoms with Crippen LogP contribution in [0.25, 0.3) is 33.5 Å². The van der Waals surface area contributed by atoms with E-state index in [9.17, 15) is 0 Å².